The zero-order valence-electron chi connectivity index (χ0n) is 10.3. The first-order valence-corrected chi connectivity index (χ1v) is 5.52. The van der Waals surface area contributed by atoms with E-state index in [9.17, 15) is 4.39 Å². The van der Waals surface area contributed by atoms with Crippen molar-refractivity contribution in [1.82, 2.24) is 9.97 Å². The Balaban J connectivity index is 2.60. The van der Waals surface area contributed by atoms with E-state index in [-0.39, 0.29) is 12.4 Å². The molecule has 0 saturated carbocycles. The maximum absolute atomic E-state index is 13.3. The van der Waals surface area contributed by atoms with Gasteiger partial charge in [0.15, 0.2) is 0 Å². The lowest BCUT2D eigenvalue weighted by atomic mass is 10.1. The van der Waals surface area contributed by atoms with Crippen molar-refractivity contribution >= 4 is 0 Å². The molecule has 94 valence electrons. The number of halogens is 1. The molecule has 0 saturated heterocycles. The fourth-order valence-electron chi connectivity index (χ4n) is 1.74. The fraction of sp³-hybridized carbons (Fsp3) is 0.231. The van der Waals surface area contributed by atoms with Gasteiger partial charge < -0.3 is 10.5 Å². The highest BCUT2D eigenvalue weighted by Crippen LogP contribution is 2.29. The first-order valence-electron chi connectivity index (χ1n) is 5.52. The van der Waals surface area contributed by atoms with Crippen molar-refractivity contribution in [3.8, 4) is 17.0 Å². The summed E-state index contributed by atoms with van der Waals surface area (Å²) in [5, 5.41) is 0. The highest BCUT2D eigenvalue weighted by atomic mass is 19.1. The molecule has 4 nitrogen and oxygen atoms in total. The van der Waals surface area contributed by atoms with Crippen LogP contribution in [0.5, 0.6) is 5.75 Å². The van der Waals surface area contributed by atoms with Gasteiger partial charge in [-0.2, -0.15) is 0 Å². The van der Waals surface area contributed by atoms with Gasteiger partial charge >= 0.3 is 0 Å². The summed E-state index contributed by atoms with van der Waals surface area (Å²) >= 11 is 0. The standard InChI is InChI=1S/C13H14FN3O/c1-8-5-11(17-13(7-15)16-8)10-6-9(14)3-4-12(10)18-2/h3-6H,7,15H2,1-2H3. The number of hydrogen-bond acceptors (Lipinski definition) is 4. The first-order chi connectivity index (χ1) is 8.63. The van der Waals surface area contributed by atoms with Gasteiger partial charge in [0, 0.05) is 11.3 Å². The molecule has 2 rings (SSSR count). The summed E-state index contributed by atoms with van der Waals surface area (Å²) in [6, 6.07) is 6.09. The molecule has 1 heterocycles. The summed E-state index contributed by atoms with van der Waals surface area (Å²) in [6.07, 6.45) is 0. The third-order valence-corrected chi connectivity index (χ3v) is 2.52. The molecule has 0 aliphatic carbocycles. The quantitative estimate of drug-likeness (QED) is 0.901. The Morgan fingerprint density at radius 1 is 1.28 bits per heavy atom. The Kier molecular flexibility index (Phi) is 3.53. The minimum atomic E-state index is -0.337. The van der Waals surface area contributed by atoms with E-state index in [1.807, 2.05) is 6.92 Å². The number of benzene rings is 1. The number of hydrogen-bond donors (Lipinski definition) is 1. The SMILES string of the molecule is COc1ccc(F)cc1-c1cc(C)nc(CN)n1. The molecule has 0 amide bonds. The van der Waals surface area contributed by atoms with E-state index in [0.29, 0.717) is 22.8 Å². The molecular formula is C13H14FN3O. The minimum absolute atomic E-state index is 0.242. The average Bonchev–Trinajstić information content (AvgIpc) is 2.38. The topological polar surface area (TPSA) is 61.0 Å². The fourth-order valence-corrected chi connectivity index (χ4v) is 1.74. The van der Waals surface area contributed by atoms with Gasteiger partial charge in [-0.3, -0.25) is 0 Å². The molecular weight excluding hydrogens is 233 g/mol. The van der Waals surface area contributed by atoms with Crippen molar-refractivity contribution in [2.24, 2.45) is 5.73 Å². The molecule has 2 N–H and O–H groups in total. The van der Waals surface area contributed by atoms with Crippen LogP contribution < -0.4 is 10.5 Å². The smallest absolute Gasteiger partial charge is 0.142 e. The molecule has 18 heavy (non-hydrogen) atoms. The number of aromatic nitrogens is 2. The van der Waals surface area contributed by atoms with Gasteiger partial charge in [-0.25, -0.2) is 14.4 Å². The van der Waals surface area contributed by atoms with Gasteiger partial charge in [-0.05, 0) is 31.2 Å². The monoisotopic (exact) mass is 247 g/mol. The van der Waals surface area contributed by atoms with Crippen LogP contribution in [-0.4, -0.2) is 17.1 Å². The third-order valence-electron chi connectivity index (χ3n) is 2.52. The van der Waals surface area contributed by atoms with Crippen molar-refractivity contribution in [3.05, 3.63) is 41.6 Å². The van der Waals surface area contributed by atoms with Gasteiger partial charge in [-0.15, -0.1) is 0 Å². The van der Waals surface area contributed by atoms with Crippen LogP contribution >= 0.6 is 0 Å². The molecule has 0 aliphatic heterocycles. The van der Waals surface area contributed by atoms with Gasteiger partial charge in [-0.1, -0.05) is 0 Å². The van der Waals surface area contributed by atoms with Crippen LogP contribution in [0.25, 0.3) is 11.3 Å². The maximum Gasteiger partial charge on any atom is 0.142 e. The largest absolute Gasteiger partial charge is 0.496 e. The number of nitrogens with zero attached hydrogens (tertiary/aromatic N) is 2. The molecule has 1 aromatic carbocycles. The van der Waals surface area contributed by atoms with E-state index in [1.165, 1.54) is 19.2 Å². The summed E-state index contributed by atoms with van der Waals surface area (Å²) in [4.78, 5) is 8.47. The predicted octanol–water partition coefficient (Wildman–Crippen LogP) is 2.06. The summed E-state index contributed by atoms with van der Waals surface area (Å²) in [5.41, 5.74) is 7.53. The van der Waals surface area contributed by atoms with Crippen molar-refractivity contribution in [1.29, 1.82) is 0 Å². The van der Waals surface area contributed by atoms with Crippen LogP contribution in [0.3, 0.4) is 0 Å². The Bertz CT molecular complexity index is 572. The molecule has 0 aliphatic rings. The van der Waals surface area contributed by atoms with Gasteiger partial charge in [0.2, 0.25) is 0 Å². The second-order valence-corrected chi connectivity index (χ2v) is 3.86. The zero-order valence-corrected chi connectivity index (χ0v) is 10.3. The lowest BCUT2D eigenvalue weighted by molar-refractivity contribution is 0.415. The van der Waals surface area contributed by atoms with E-state index >= 15 is 0 Å². The van der Waals surface area contributed by atoms with E-state index < -0.39 is 0 Å². The molecule has 0 radical (unpaired) electrons. The summed E-state index contributed by atoms with van der Waals surface area (Å²) in [7, 11) is 1.54. The average molecular weight is 247 g/mol. The molecule has 0 spiro atoms. The number of ether oxygens (including phenoxy) is 1. The van der Waals surface area contributed by atoms with E-state index in [1.54, 1.807) is 12.1 Å². The van der Waals surface area contributed by atoms with Gasteiger partial charge in [0.05, 0.1) is 19.3 Å². The zero-order chi connectivity index (χ0) is 13.1. The second kappa shape index (κ2) is 5.10. The normalized spacial score (nSPS) is 10.4. The summed E-state index contributed by atoms with van der Waals surface area (Å²) in [5.74, 6) is 0.755. The van der Waals surface area contributed by atoms with Gasteiger partial charge in [0.1, 0.15) is 17.4 Å². The Morgan fingerprint density at radius 2 is 2.06 bits per heavy atom. The Morgan fingerprint density at radius 3 is 2.72 bits per heavy atom. The molecule has 1 aromatic heterocycles. The van der Waals surface area contributed by atoms with Crippen LogP contribution in [0.1, 0.15) is 11.5 Å². The van der Waals surface area contributed by atoms with Crippen LogP contribution in [-0.2, 0) is 6.54 Å². The van der Waals surface area contributed by atoms with Crippen molar-refractivity contribution < 1.29 is 9.13 Å². The Hall–Kier alpha value is -2.01. The molecule has 2 aromatic rings. The number of methoxy groups -OCH3 is 1. The lowest BCUT2D eigenvalue weighted by Gasteiger charge is -2.09. The number of rotatable bonds is 3. The predicted molar refractivity (Wildman–Crippen MR) is 66.6 cm³/mol. The van der Waals surface area contributed by atoms with Crippen LogP contribution in [0.2, 0.25) is 0 Å². The van der Waals surface area contributed by atoms with E-state index in [4.69, 9.17) is 10.5 Å². The maximum atomic E-state index is 13.3. The molecule has 0 fully saturated rings. The number of nitrogens with two attached hydrogens (primary N) is 1. The first kappa shape index (κ1) is 12.4. The van der Waals surface area contributed by atoms with Crippen LogP contribution in [0, 0.1) is 12.7 Å². The molecule has 0 unspecified atom stereocenters. The van der Waals surface area contributed by atoms with Gasteiger partial charge in [0.25, 0.3) is 0 Å². The van der Waals surface area contributed by atoms with Crippen LogP contribution in [0.15, 0.2) is 24.3 Å². The van der Waals surface area contributed by atoms with Crippen molar-refractivity contribution in [3.63, 3.8) is 0 Å². The Labute approximate surface area is 105 Å². The molecule has 5 heteroatoms. The van der Waals surface area contributed by atoms with E-state index in [0.717, 1.165) is 5.69 Å². The molecule has 0 atom stereocenters. The van der Waals surface area contributed by atoms with Crippen LogP contribution in [0.4, 0.5) is 4.39 Å². The van der Waals surface area contributed by atoms with Crippen molar-refractivity contribution in [2.45, 2.75) is 13.5 Å². The molecule has 0 bridgehead atoms. The van der Waals surface area contributed by atoms with E-state index in [2.05, 4.69) is 9.97 Å². The highest BCUT2D eigenvalue weighted by molar-refractivity contribution is 5.67. The van der Waals surface area contributed by atoms with Crippen molar-refractivity contribution in [2.75, 3.05) is 7.11 Å². The summed E-state index contributed by atoms with van der Waals surface area (Å²) in [6.45, 7) is 2.09. The minimum Gasteiger partial charge on any atom is -0.496 e. The third kappa shape index (κ3) is 2.46. The number of aryl methyl sites for hydroxylation is 1. The lowest BCUT2D eigenvalue weighted by Crippen LogP contribution is -2.05. The second-order valence-electron chi connectivity index (χ2n) is 3.86. The highest BCUT2D eigenvalue weighted by Gasteiger charge is 2.10. The summed E-state index contributed by atoms with van der Waals surface area (Å²) < 4.78 is 18.5.